The van der Waals surface area contributed by atoms with E-state index in [9.17, 15) is 4.79 Å². The third-order valence-corrected chi connectivity index (χ3v) is 3.39. The van der Waals surface area contributed by atoms with Gasteiger partial charge in [0.1, 0.15) is 11.5 Å². The summed E-state index contributed by atoms with van der Waals surface area (Å²) in [5.74, 6) is 1.40. The van der Waals surface area contributed by atoms with Crippen LogP contribution in [0.1, 0.15) is 12.0 Å². The zero-order valence-electron chi connectivity index (χ0n) is 12.5. The first-order chi connectivity index (χ1) is 10.2. The minimum Gasteiger partial charge on any atom is -0.497 e. The monoisotopic (exact) mass is 294 g/mol. The minimum absolute atomic E-state index is 0.0263. The number of benzene rings is 1. The molecule has 1 aliphatic rings. The number of ether oxygens (including phenoxy) is 3. The number of hydrogen-bond acceptors (Lipinski definition) is 5. The van der Waals surface area contributed by atoms with Crippen LogP contribution in [0.15, 0.2) is 18.2 Å². The van der Waals surface area contributed by atoms with Crippen molar-refractivity contribution >= 4 is 5.91 Å². The lowest BCUT2D eigenvalue weighted by Crippen LogP contribution is -2.41. The molecule has 2 N–H and O–H groups in total. The Morgan fingerprint density at radius 3 is 2.95 bits per heavy atom. The Bertz CT molecular complexity index is 473. The summed E-state index contributed by atoms with van der Waals surface area (Å²) in [7, 11) is 3.20. The van der Waals surface area contributed by atoms with Crippen molar-refractivity contribution < 1.29 is 19.0 Å². The van der Waals surface area contributed by atoms with Crippen LogP contribution in [0, 0.1) is 0 Å². The van der Waals surface area contributed by atoms with Gasteiger partial charge in [-0.25, -0.2) is 0 Å². The molecule has 1 fully saturated rings. The van der Waals surface area contributed by atoms with E-state index >= 15 is 0 Å². The van der Waals surface area contributed by atoms with Crippen LogP contribution in [-0.4, -0.2) is 45.9 Å². The average Bonchev–Trinajstić information content (AvgIpc) is 2.53. The van der Waals surface area contributed by atoms with Gasteiger partial charge in [-0.15, -0.1) is 0 Å². The van der Waals surface area contributed by atoms with Crippen molar-refractivity contribution in [1.82, 2.24) is 10.6 Å². The number of rotatable bonds is 6. The maximum absolute atomic E-state index is 11.9. The molecule has 2 rings (SSSR count). The lowest BCUT2D eigenvalue weighted by Gasteiger charge is -2.23. The third kappa shape index (κ3) is 4.61. The second-order valence-electron chi connectivity index (χ2n) is 4.86. The van der Waals surface area contributed by atoms with Gasteiger partial charge < -0.3 is 24.8 Å². The molecule has 1 aromatic rings. The largest absolute Gasteiger partial charge is 0.497 e. The highest BCUT2D eigenvalue weighted by Gasteiger charge is 2.17. The molecule has 0 aliphatic carbocycles. The smallest absolute Gasteiger partial charge is 0.222 e. The molecular formula is C15H22N2O4. The molecule has 0 radical (unpaired) electrons. The number of hydrogen-bond donors (Lipinski definition) is 2. The molecule has 0 bridgehead atoms. The van der Waals surface area contributed by atoms with Crippen molar-refractivity contribution in [3.63, 3.8) is 0 Å². The van der Waals surface area contributed by atoms with Gasteiger partial charge >= 0.3 is 0 Å². The highest BCUT2D eigenvalue weighted by molar-refractivity contribution is 5.76. The molecular weight excluding hydrogens is 272 g/mol. The molecule has 0 spiro atoms. The van der Waals surface area contributed by atoms with Gasteiger partial charge in [0.2, 0.25) is 5.91 Å². The first-order valence-electron chi connectivity index (χ1n) is 7.03. The number of morpholine rings is 1. The van der Waals surface area contributed by atoms with Gasteiger partial charge in [-0.1, -0.05) is 0 Å². The maximum atomic E-state index is 11.9. The van der Waals surface area contributed by atoms with Crippen LogP contribution in [-0.2, 0) is 16.1 Å². The van der Waals surface area contributed by atoms with Crippen LogP contribution in [0.4, 0.5) is 0 Å². The summed E-state index contributed by atoms with van der Waals surface area (Å²) in [5, 5.41) is 6.10. The lowest BCUT2D eigenvalue weighted by atomic mass is 10.1. The van der Waals surface area contributed by atoms with Crippen molar-refractivity contribution in [3.05, 3.63) is 23.8 Å². The Labute approximate surface area is 124 Å². The van der Waals surface area contributed by atoms with E-state index in [1.54, 1.807) is 20.3 Å². The predicted octanol–water partition coefficient (Wildman–Crippen LogP) is 0.699. The molecule has 1 unspecified atom stereocenters. The van der Waals surface area contributed by atoms with Gasteiger partial charge in [0.25, 0.3) is 0 Å². The molecule has 1 aromatic carbocycles. The van der Waals surface area contributed by atoms with E-state index in [1.807, 2.05) is 12.1 Å². The molecule has 6 nitrogen and oxygen atoms in total. The lowest BCUT2D eigenvalue weighted by molar-refractivity contribution is -0.124. The molecule has 1 saturated heterocycles. The van der Waals surface area contributed by atoms with Crippen molar-refractivity contribution in [1.29, 1.82) is 0 Å². The average molecular weight is 294 g/mol. The maximum Gasteiger partial charge on any atom is 0.222 e. The molecule has 0 saturated carbocycles. The zero-order chi connectivity index (χ0) is 15.1. The van der Waals surface area contributed by atoms with Crippen LogP contribution < -0.4 is 20.1 Å². The molecule has 1 aliphatic heterocycles. The van der Waals surface area contributed by atoms with Crippen LogP contribution in [0.5, 0.6) is 11.5 Å². The second kappa shape index (κ2) is 7.85. The fraction of sp³-hybridized carbons (Fsp3) is 0.533. The Hall–Kier alpha value is -1.79. The number of carbonyl (C=O) groups excluding carboxylic acids is 1. The van der Waals surface area contributed by atoms with E-state index in [0.29, 0.717) is 25.3 Å². The van der Waals surface area contributed by atoms with Crippen molar-refractivity contribution in [2.45, 2.75) is 19.1 Å². The first-order valence-corrected chi connectivity index (χ1v) is 7.03. The van der Waals surface area contributed by atoms with Gasteiger partial charge in [0.15, 0.2) is 0 Å². The van der Waals surface area contributed by atoms with Gasteiger partial charge in [0, 0.05) is 31.3 Å². The quantitative estimate of drug-likeness (QED) is 0.808. The summed E-state index contributed by atoms with van der Waals surface area (Å²) in [6.45, 7) is 2.65. The van der Waals surface area contributed by atoms with Gasteiger partial charge in [0.05, 0.1) is 33.4 Å². The normalized spacial score (nSPS) is 18.1. The van der Waals surface area contributed by atoms with E-state index in [-0.39, 0.29) is 12.0 Å². The molecule has 116 valence electrons. The van der Waals surface area contributed by atoms with Crippen LogP contribution >= 0.6 is 0 Å². The highest BCUT2D eigenvalue weighted by Crippen LogP contribution is 2.24. The molecule has 6 heteroatoms. The molecule has 21 heavy (non-hydrogen) atoms. The second-order valence-corrected chi connectivity index (χ2v) is 4.86. The van der Waals surface area contributed by atoms with E-state index in [4.69, 9.17) is 14.2 Å². The summed E-state index contributed by atoms with van der Waals surface area (Å²) in [4.78, 5) is 11.9. The number of carbonyl (C=O) groups is 1. The van der Waals surface area contributed by atoms with E-state index < -0.39 is 0 Å². The van der Waals surface area contributed by atoms with Crippen LogP contribution in [0.25, 0.3) is 0 Å². The van der Waals surface area contributed by atoms with Gasteiger partial charge in [-0.3, -0.25) is 4.79 Å². The predicted molar refractivity (Wildman–Crippen MR) is 78.6 cm³/mol. The van der Waals surface area contributed by atoms with Crippen molar-refractivity contribution in [2.75, 3.05) is 33.9 Å². The summed E-state index contributed by atoms with van der Waals surface area (Å²) in [6.07, 6.45) is 0.322. The first kappa shape index (κ1) is 15.6. The number of nitrogens with one attached hydrogen (secondary N) is 2. The molecule has 0 aromatic heterocycles. The fourth-order valence-electron chi connectivity index (χ4n) is 2.22. The SMILES string of the molecule is COc1ccc(CNC(=O)CC2CNCCO2)c(OC)c1. The fourth-order valence-corrected chi connectivity index (χ4v) is 2.22. The van der Waals surface area contributed by atoms with Crippen LogP contribution in [0.3, 0.4) is 0 Å². The van der Waals surface area contributed by atoms with E-state index in [2.05, 4.69) is 10.6 Å². The Morgan fingerprint density at radius 1 is 1.43 bits per heavy atom. The minimum atomic E-state index is -0.0449. The highest BCUT2D eigenvalue weighted by atomic mass is 16.5. The number of methoxy groups -OCH3 is 2. The Morgan fingerprint density at radius 2 is 2.29 bits per heavy atom. The summed E-state index contributed by atoms with van der Waals surface area (Å²) >= 11 is 0. The topological polar surface area (TPSA) is 68.8 Å². The van der Waals surface area contributed by atoms with Crippen molar-refractivity contribution in [3.8, 4) is 11.5 Å². The van der Waals surface area contributed by atoms with E-state index in [1.165, 1.54) is 0 Å². The molecule has 1 heterocycles. The summed E-state index contributed by atoms with van der Waals surface area (Å²) in [5.41, 5.74) is 0.911. The Balaban J connectivity index is 1.85. The molecule has 1 atom stereocenters. The zero-order valence-corrected chi connectivity index (χ0v) is 12.5. The van der Waals surface area contributed by atoms with Crippen molar-refractivity contribution in [2.24, 2.45) is 0 Å². The Kier molecular flexibility index (Phi) is 5.83. The van der Waals surface area contributed by atoms with E-state index in [0.717, 1.165) is 24.4 Å². The van der Waals surface area contributed by atoms with Crippen LogP contribution in [0.2, 0.25) is 0 Å². The third-order valence-electron chi connectivity index (χ3n) is 3.39. The van der Waals surface area contributed by atoms with Gasteiger partial charge in [-0.05, 0) is 12.1 Å². The standard InChI is InChI=1S/C15H22N2O4/c1-19-12-4-3-11(14(7-12)20-2)9-17-15(18)8-13-10-16-5-6-21-13/h3-4,7,13,16H,5-6,8-10H2,1-2H3,(H,17,18). The number of amides is 1. The summed E-state index contributed by atoms with van der Waals surface area (Å²) in [6, 6.07) is 5.53. The molecule has 1 amide bonds. The van der Waals surface area contributed by atoms with Gasteiger partial charge in [-0.2, -0.15) is 0 Å². The summed E-state index contributed by atoms with van der Waals surface area (Å²) < 4.78 is 16.0.